The highest BCUT2D eigenvalue weighted by Gasteiger charge is 2.07. The van der Waals surface area contributed by atoms with Crippen molar-refractivity contribution in [2.45, 2.75) is 6.54 Å². The standard InChI is InChI=1S/C13H10ClN3O/c14-10-3-4-12-11(6-10)13(18)17(16-12)8-9-2-1-5-15-7-9/h1-7,16H,8H2. The number of pyridine rings is 1. The number of nitrogens with zero attached hydrogens (tertiary/aromatic N) is 2. The Morgan fingerprint density at radius 3 is 3.00 bits per heavy atom. The fraction of sp³-hybridized carbons (Fsp3) is 0.0769. The topological polar surface area (TPSA) is 50.7 Å². The molecule has 3 aromatic rings. The van der Waals surface area contributed by atoms with Crippen LogP contribution in [0.15, 0.2) is 47.5 Å². The molecule has 0 aliphatic heterocycles. The van der Waals surface area contributed by atoms with Gasteiger partial charge in [0.05, 0.1) is 17.4 Å². The summed E-state index contributed by atoms with van der Waals surface area (Å²) >= 11 is 5.89. The molecule has 0 saturated heterocycles. The minimum absolute atomic E-state index is 0.0728. The summed E-state index contributed by atoms with van der Waals surface area (Å²) in [6.45, 7) is 0.471. The summed E-state index contributed by atoms with van der Waals surface area (Å²) in [6.07, 6.45) is 3.45. The van der Waals surface area contributed by atoms with Crippen molar-refractivity contribution >= 4 is 22.5 Å². The smallest absolute Gasteiger partial charge is 0.274 e. The average Bonchev–Trinajstić information content (AvgIpc) is 2.68. The van der Waals surface area contributed by atoms with Crippen LogP contribution in [0.4, 0.5) is 0 Å². The number of H-pyrrole nitrogens is 1. The maximum Gasteiger partial charge on any atom is 0.274 e. The molecule has 0 aliphatic carbocycles. The van der Waals surface area contributed by atoms with E-state index in [0.29, 0.717) is 17.0 Å². The van der Waals surface area contributed by atoms with Gasteiger partial charge < -0.3 is 0 Å². The van der Waals surface area contributed by atoms with Gasteiger partial charge >= 0.3 is 0 Å². The normalized spacial score (nSPS) is 10.9. The second kappa shape index (κ2) is 4.31. The maximum absolute atomic E-state index is 12.1. The predicted octanol–water partition coefficient (Wildman–Crippen LogP) is 2.43. The molecule has 0 spiro atoms. The molecule has 18 heavy (non-hydrogen) atoms. The van der Waals surface area contributed by atoms with Crippen molar-refractivity contribution in [3.8, 4) is 0 Å². The molecule has 0 bridgehead atoms. The maximum atomic E-state index is 12.1. The lowest BCUT2D eigenvalue weighted by Gasteiger charge is -2.00. The first kappa shape index (κ1) is 11.0. The van der Waals surface area contributed by atoms with E-state index < -0.39 is 0 Å². The Bertz CT molecular complexity index is 746. The van der Waals surface area contributed by atoms with Crippen molar-refractivity contribution in [1.82, 2.24) is 14.8 Å². The van der Waals surface area contributed by atoms with Crippen LogP contribution in [0.25, 0.3) is 10.9 Å². The van der Waals surface area contributed by atoms with Gasteiger partial charge in [-0.15, -0.1) is 0 Å². The van der Waals surface area contributed by atoms with Gasteiger partial charge in [0.25, 0.3) is 5.56 Å². The highest BCUT2D eigenvalue weighted by molar-refractivity contribution is 6.31. The summed E-state index contributed by atoms with van der Waals surface area (Å²) in [7, 11) is 0. The van der Waals surface area contributed by atoms with Crippen LogP contribution >= 0.6 is 11.6 Å². The average molecular weight is 260 g/mol. The summed E-state index contributed by atoms with van der Waals surface area (Å²) in [5.74, 6) is 0. The molecule has 0 aliphatic rings. The zero-order chi connectivity index (χ0) is 12.5. The number of nitrogens with one attached hydrogen (secondary N) is 1. The van der Waals surface area contributed by atoms with E-state index in [-0.39, 0.29) is 5.56 Å². The van der Waals surface area contributed by atoms with E-state index in [0.717, 1.165) is 11.1 Å². The molecule has 2 aromatic heterocycles. The lowest BCUT2D eigenvalue weighted by Crippen LogP contribution is -2.17. The Hall–Kier alpha value is -2.07. The highest BCUT2D eigenvalue weighted by Crippen LogP contribution is 2.15. The number of hydrogen-bond donors (Lipinski definition) is 1. The van der Waals surface area contributed by atoms with E-state index in [1.807, 2.05) is 12.1 Å². The first-order chi connectivity index (χ1) is 8.74. The predicted molar refractivity (Wildman–Crippen MR) is 70.9 cm³/mol. The third-order valence-corrected chi connectivity index (χ3v) is 3.01. The van der Waals surface area contributed by atoms with Gasteiger partial charge in [0, 0.05) is 17.4 Å². The van der Waals surface area contributed by atoms with Crippen LogP contribution in [0.5, 0.6) is 0 Å². The molecule has 3 rings (SSSR count). The van der Waals surface area contributed by atoms with Crippen molar-refractivity contribution in [2.75, 3.05) is 0 Å². The SMILES string of the molecule is O=c1c2cc(Cl)ccc2[nH]n1Cc1cccnc1. The Labute approximate surface area is 108 Å². The van der Waals surface area contributed by atoms with Crippen LogP contribution in [0, 0.1) is 0 Å². The molecule has 0 saturated carbocycles. The number of halogens is 1. The largest absolute Gasteiger partial charge is 0.295 e. The Morgan fingerprint density at radius 1 is 1.33 bits per heavy atom. The van der Waals surface area contributed by atoms with Crippen molar-refractivity contribution in [3.63, 3.8) is 0 Å². The van der Waals surface area contributed by atoms with Gasteiger partial charge in [-0.25, -0.2) is 4.68 Å². The van der Waals surface area contributed by atoms with Gasteiger partial charge in [0.1, 0.15) is 0 Å². The molecule has 4 nitrogen and oxygen atoms in total. The van der Waals surface area contributed by atoms with Crippen molar-refractivity contribution in [1.29, 1.82) is 0 Å². The quantitative estimate of drug-likeness (QED) is 0.768. The number of aromatic amines is 1. The van der Waals surface area contributed by atoms with E-state index in [1.165, 1.54) is 0 Å². The fourth-order valence-corrected chi connectivity index (χ4v) is 2.09. The molecular formula is C13H10ClN3O. The summed E-state index contributed by atoms with van der Waals surface area (Å²) < 4.78 is 1.55. The van der Waals surface area contributed by atoms with Crippen LogP contribution in [-0.4, -0.2) is 14.8 Å². The molecule has 0 amide bonds. The minimum atomic E-state index is -0.0728. The molecule has 90 valence electrons. The molecule has 0 radical (unpaired) electrons. The highest BCUT2D eigenvalue weighted by atomic mass is 35.5. The van der Waals surface area contributed by atoms with Gasteiger partial charge in [0.15, 0.2) is 0 Å². The molecule has 5 heteroatoms. The second-order valence-electron chi connectivity index (χ2n) is 4.05. The zero-order valence-corrected chi connectivity index (χ0v) is 10.2. The lowest BCUT2D eigenvalue weighted by molar-refractivity contribution is 0.670. The first-order valence-corrected chi connectivity index (χ1v) is 5.89. The zero-order valence-electron chi connectivity index (χ0n) is 9.43. The van der Waals surface area contributed by atoms with Crippen molar-refractivity contribution < 1.29 is 0 Å². The number of aromatic nitrogens is 3. The van der Waals surface area contributed by atoms with Crippen LogP contribution in [-0.2, 0) is 6.54 Å². The van der Waals surface area contributed by atoms with E-state index in [1.54, 1.807) is 35.3 Å². The lowest BCUT2D eigenvalue weighted by atomic mass is 10.2. The van der Waals surface area contributed by atoms with E-state index in [2.05, 4.69) is 10.1 Å². The minimum Gasteiger partial charge on any atom is -0.295 e. The Kier molecular flexibility index (Phi) is 2.64. The van der Waals surface area contributed by atoms with Gasteiger partial charge in [-0.3, -0.25) is 14.9 Å². The molecule has 1 aromatic carbocycles. The van der Waals surface area contributed by atoms with Gasteiger partial charge in [-0.05, 0) is 29.8 Å². The van der Waals surface area contributed by atoms with Crippen molar-refractivity contribution in [3.05, 3.63) is 63.7 Å². The molecule has 0 unspecified atom stereocenters. The summed E-state index contributed by atoms with van der Waals surface area (Å²) in [6, 6.07) is 9.01. The number of hydrogen-bond acceptors (Lipinski definition) is 2. The van der Waals surface area contributed by atoms with Gasteiger partial charge in [0.2, 0.25) is 0 Å². The fourth-order valence-electron chi connectivity index (χ4n) is 1.92. The molecule has 1 N–H and O–H groups in total. The number of rotatable bonds is 2. The van der Waals surface area contributed by atoms with Crippen LogP contribution < -0.4 is 5.56 Å². The van der Waals surface area contributed by atoms with Crippen molar-refractivity contribution in [2.24, 2.45) is 0 Å². The number of fused-ring (bicyclic) bond motifs is 1. The van der Waals surface area contributed by atoms with E-state index in [9.17, 15) is 4.79 Å². The first-order valence-electron chi connectivity index (χ1n) is 5.51. The van der Waals surface area contributed by atoms with Gasteiger partial charge in [-0.1, -0.05) is 17.7 Å². The van der Waals surface area contributed by atoms with Crippen LogP contribution in [0.3, 0.4) is 0 Å². The summed E-state index contributed by atoms with van der Waals surface area (Å²) in [5.41, 5.74) is 1.68. The molecule has 0 fully saturated rings. The number of benzene rings is 1. The monoisotopic (exact) mass is 259 g/mol. The Balaban J connectivity index is 2.08. The summed E-state index contributed by atoms with van der Waals surface area (Å²) in [4.78, 5) is 16.2. The second-order valence-corrected chi connectivity index (χ2v) is 4.49. The third-order valence-electron chi connectivity index (χ3n) is 2.78. The Morgan fingerprint density at radius 2 is 2.22 bits per heavy atom. The molecular weight excluding hydrogens is 250 g/mol. The molecule has 2 heterocycles. The van der Waals surface area contributed by atoms with Gasteiger partial charge in [-0.2, -0.15) is 0 Å². The van der Waals surface area contributed by atoms with Crippen LogP contribution in [0.1, 0.15) is 5.56 Å². The summed E-state index contributed by atoms with van der Waals surface area (Å²) in [5, 5.41) is 4.22. The van der Waals surface area contributed by atoms with Crippen LogP contribution in [0.2, 0.25) is 5.02 Å². The third kappa shape index (κ3) is 1.91. The molecule has 0 atom stereocenters. The van der Waals surface area contributed by atoms with E-state index >= 15 is 0 Å². The van der Waals surface area contributed by atoms with E-state index in [4.69, 9.17) is 11.6 Å².